The van der Waals surface area contributed by atoms with Crippen molar-refractivity contribution in [2.24, 2.45) is 0 Å². The topological polar surface area (TPSA) is 101 Å². The highest BCUT2D eigenvalue weighted by molar-refractivity contribution is 6.05. The summed E-state index contributed by atoms with van der Waals surface area (Å²) in [6.45, 7) is 0.408. The van der Waals surface area contributed by atoms with Crippen LogP contribution < -0.4 is 15.4 Å². The average Bonchev–Trinajstić information content (AvgIpc) is 2.95. The maximum Gasteiger partial charge on any atom is 0.325 e. The summed E-state index contributed by atoms with van der Waals surface area (Å²) in [5, 5.41) is 5.26. The first-order chi connectivity index (χ1) is 13.1. The number of nitrogens with one attached hydrogen (secondary N) is 2. The fourth-order valence-corrected chi connectivity index (χ4v) is 2.73. The molecule has 8 nitrogen and oxygen atoms in total. The normalized spacial score (nSPS) is 16.2. The van der Waals surface area contributed by atoms with Crippen LogP contribution in [0.4, 0.5) is 4.79 Å². The number of benzene rings is 1. The average molecular weight is 368 g/mol. The van der Waals surface area contributed by atoms with Gasteiger partial charge in [0.1, 0.15) is 11.8 Å². The lowest BCUT2D eigenvalue weighted by Crippen LogP contribution is -2.36. The van der Waals surface area contributed by atoms with Gasteiger partial charge in [-0.05, 0) is 29.8 Å². The molecular weight excluding hydrogens is 348 g/mol. The first-order valence-electron chi connectivity index (χ1n) is 8.48. The van der Waals surface area contributed by atoms with E-state index < -0.39 is 18.0 Å². The fraction of sp³-hybridized carbons (Fsp3) is 0.263. The van der Waals surface area contributed by atoms with Crippen molar-refractivity contribution in [2.75, 3.05) is 7.11 Å². The molecule has 8 heteroatoms. The van der Waals surface area contributed by atoms with Crippen molar-refractivity contribution in [1.29, 1.82) is 0 Å². The number of amides is 4. The third kappa shape index (κ3) is 4.60. The van der Waals surface area contributed by atoms with Gasteiger partial charge in [0.25, 0.3) is 5.91 Å². The lowest BCUT2D eigenvalue weighted by atomic mass is 10.1. The molecule has 3 rings (SSSR count). The summed E-state index contributed by atoms with van der Waals surface area (Å²) in [5.74, 6) is -0.0483. The second kappa shape index (κ2) is 8.31. The molecule has 4 amide bonds. The summed E-state index contributed by atoms with van der Waals surface area (Å²) in [7, 11) is 1.57. The van der Waals surface area contributed by atoms with Crippen LogP contribution >= 0.6 is 0 Å². The number of imide groups is 1. The summed E-state index contributed by atoms with van der Waals surface area (Å²) in [6, 6.07) is 11.1. The van der Waals surface area contributed by atoms with E-state index in [0.29, 0.717) is 11.4 Å². The summed E-state index contributed by atoms with van der Waals surface area (Å²) in [4.78, 5) is 41.9. The molecule has 1 unspecified atom stereocenters. The molecule has 140 valence electrons. The largest absolute Gasteiger partial charge is 0.497 e. The summed E-state index contributed by atoms with van der Waals surface area (Å²) in [6.07, 6.45) is 1.52. The highest BCUT2D eigenvalue weighted by atomic mass is 16.5. The van der Waals surface area contributed by atoms with Gasteiger partial charge >= 0.3 is 6.03 Å². The van der Waals surface area contributed by atoms with E-state index in [9.17, 15) is 14.4 Å². The van der Waals surface area contributed by atoms with Crippen molar-refractivity contribution in [3.05, 3.63) is 59.9 Å². The van der Waals surface area contributed by atoms with Crippen molar-refractivity contribution in [3.8, 4) is 5.75 Å². The maximum atomic E-state index is 12.5. The van der Waals surface area contributed by atoms with E-state index in [1.54, 1.807) is 49.7 Å². The quantitative estimate of drug-likeness (QED) is 0.716. The van der Waals surface area contributed by atoms with Gasteiger partial charge in [-0.3, -0.25) is 19.5 Å². The number of aromatic nitrogens is 1. The van der Waals surface area contributed by atoms with Gasteiger partial charge in [-0.2, -0.15) is 0 Å². The van der Waals surface area contributed by atoms with Crippen molar-refractivity contribution >= 4 is 17.8 Å². The van der Waals surface area contributed by atoms with Gasteiger partial charge in [-0.15, -0.1) is 0 Å². The first-order valence-corrected chi connectivity index (χ1v) is 8.48. The third-order valence-corrected chi connectivity index (χ3v) is 4.19. The predicted molar refractivity (Wildman–Crippen MR) is 96.6 cm³/mol. The molecule has 0 radical (unpaired) electrons. The number of hydrogen-bond acceptors (Lipinski definition) is 5. The fourth-order valence-electron chi connectivity index (χ4n) is 2.73. The van der Waals surface area contributed by atoms with Crippen molar-refractivity contribution in [1.82, 2.24) is 20.5 Å². The molecule has 1 saturated heterocycles. The van der Waals surface area contributed by atoms with Crippen LogP contribution in [0.3, 0.4) is 0 Å². The smallest absolute Gasteiger partial charge is 0.325 e. The Morgan fingerprint density at radius 2 is 2.00 bits per heavy atom. The highest BCUT2D eigenvalue weighted by Crippen LogP contribution is 2.17. The zero-order chi connectivity index (χ0) is 19.2. The monoisotopic (exact) mass is 368 g/mol. The number of methoxy groups -OCH3 is 1. The Bertz CT molecular complexity index is 823. The van der Waals surface area contributed by atoms with E-state index in [-0.39, 0.29) is 25.4 Å². The molecule has 1 fully saturated rings. The molecule has 1 atom stereocenters. The van der Waals surface area contributed by atoms with E-state index in [4.69, 9.17) is 4.74 Å². The van der Waals surface area contributed by atoms with Gasteiger partial charge in [-0.1, -0.05) is 18.2 Å². The zero-order valence-corrected chi connectivity index (χ0v) is 14.8. The number of carbonyl (C=O) groups excluding carboxylic acids is 3. The number of hydrogen-bond donors (Lipinski definition) is 2. The predicted octanol–water partition coefficient (Wildman–Crippen LogP) is 1.22. The Morgan fingerprint density at radius 3 is 2.67 bits per heavy atom. The second-order valence-corrected chi connectivity index (χ2v) is 6.08. The lowest BCUT2D eigenvalue weighted by Gasteiger charge is -2.13. The Labute approximate surface area is 156 Å². The van der Waals surface area contributed by atoms with E-state index >= 15 is 0 Å². The van der Waals surface area contributed by atoms with Crippen molar-refractivity contribution in [2.45, 2.75) is 25.6 Å². The molecule has 0 saturated carbocycles. The standard InChI is InChI=1S/C19H20N4O4/c1-27-15-7-5-13(6-8-15)12-23-18(25)16(22-19(23)26)10-17(24)21-11-14-4-2-3-9-20-14/h2-9,16H,10-12H2,1H3,(H,21,24)(H,22,26). The zero-order valence-electron chi connectivity index (χ0n) is 14.8. The molecule has 1 aromatic carbocycles. The van der Waals surface area contributed by atoms with Crippen LogP contribution in [-0.2, 0) is 22.7 Å². The molecule has 2 heterocycles. The summed E-state index contributed by atoms with van der Waals surface area (Å²) < 4.78 is 5.09. The number of pyridine rings is 1. The van der Waals surface area contributed by atoms with E-state index in [2.05, 4.69) is 15.6 Å². The van der Waals surface area contributed by atoms with Crippen LogP contribution in [0.15, 0.2) is 48.7 Å². The molecule has 2 aromatic rings. The Kier molecular flexibility index (Phi) is 5.65. The van der Waals surface area contributed by atoms with Crippen molar-refractivity contribution in [3.63, 3.8) is 0 Å². The minimum atomic E-state index is -0.862. The highest BCUT2D eigenvalue weighted by Gasteiger charge is 2.38. The number of rotatable bonds is 7. The van der Waals surface area contributed by atoms with Crippen LogP contribution in [0, 0.1) is 0 Å². The number of urea groups is 1. The van der Waals surface area contributed by atoms with Crippen molar-refractivity contribution < 1.29 is 19.1 Å². The van der Waals surface area contributed by atoms with Crippen LogP contribution in [0.2, 0.25) is 0 Å². The summed E-state index contributed by atoms with van der Waals surface area (Å²) >= 11 is 0. The van der Waals surface area contributed by atoms with Crippen LogP contribution in [0.5, 0.6) is 5.75 Å². The SMILES string of the molecule is COc1ccc(CN2C(=O)NC(CC(=O)NCc3ccccn3)C2=O)cc1. The van der Waals surface area contributed by atoms with E-state index in [0.717, 1.165) is 10.5 Å². The molecule has 2 N–H and O–H groups in total. The van der Waals surface area contributed by atoms with Gasteiger partial charge in [0.15, 0.2) is 0 Å². The Morgan fingerprint density at radius 1 is 1.22 bits per heavy atom. The van der Waals surface area contributed by atoms with Crippen LogP contribution in [-0.4, -0.2) is 40.9 Å². The van der Waals surface area contributed by atoms with Gasteiger partial charge in [0.2, 0.25) is 5.91 Å². The number of ether oxygens (including phenoxy) is 1. The third-order valence-electron chi connectivity index (χ3n) is 4.19. The molecule has 27 heavy (non-hydrogen) atoms. The van der Waals surface area contributed by atoms with Crippen LogP contribution in [0.25, 0.3) is 0 Å². The van der Waals surface area contributed by atoms with Gasteiger partial charge in [0.05, 0.1) is 32.3 Å². The number of carbonyl (C=O) groups is 3. The maximum absolute atomic E-state index is 12.5. The Balaban J connectivity index is 1.54. The van der Waals surface area contributed by atoms with E-state index in [1.807, 2.05) is 6.07 Å². The first kappa shape index (κ1) is 18.4. The lowest BCUT2D eigenvalue weighted by molar-refractivity contribution is -0.131. The molecule has 0 spiro atoms. The number of nitrogens with zero attached hydrogens (tertiary/aromatic N) is 2. The molecule has 1 aliphatic heterocycles. The molecule has 0 bridgehead atoms. The van der Waals surface area contributed by atoms with Gasteiger partial charge in [0, 0.05) is 6.20 Å². The minimum Gasteiger partial charge on any atom is -0.497 e. The minimum absolute atomic E-state index is 0.115. The van der Waals surface area contributed by atoms with Gasteiger partial charge in [-0.25, -0.2) is 4.79 Å². The second-order valence-electron chi connectivity index (χ2n) is 6.08. The van der Waals surface area contributed by atoms with Gasteiger partial charge < -0.3 is 15.4 Å². The Hall–Kier alpha value is -3.42. The molecule has 1 aromatic heterocycles. The van der Waals surface area contributed by atoms with Crippen LogP contribution in [0.1, 0.15) is 17.7 Å². The summed E-state index contributed by atoms with van der Waals surface area (Å²) in [5.41, 5.74) is 1.51. The molecular formula is C19H20N4O4. The van der Waals surface area contributed by atoms with E-state index in [1.165, 1.54) is 0 Å². The molecule has 0 aliphatic carbocycles. The molecule has 1 aliphatic rings.